The molecule has 1 saturated heterocycles. The van der Waals surface area contributed by atoms with Crippen molar-refractivity contribution < 1.29 is 9.53 Å². The first-order chi connectivity index (χ1) is 9.17. The standard InChI is InChI=1S/C15H20N2O2/c16-15(7-8-15)13-6-9-17(10-13)14(18)19-11-12-4-2-1-3-5-12/h1-5,13H,6-11,16H2. The van der Waals surface area contributed by atoms with Crippen LogP contribution >= 0.6 is 0 Å². The largest absolute Gasteiger partial charge is 0.445 e. The van der Waals surface area contributed by atoms with Gasteiger partial charge in [0.1, 0.15) is 6.61 Å². The number of rotatable bonds is 3. The van der Waals surface area contributed by atoms with Gasteiger partial charge in [0.2, 0.25) is 0 Å². The van der Waals surface area contributed by atoms with Crippen molar-refractivity contribution in [3.05, 3.63) is 35.9 Å². The quantitative estimate of drug-likeness (QED) is 0.906. The molecule has 19 heavy (non-hydrogen) atoms. The van der Waals surface area contributed by atoms with Crippen molar-refractivity contribution in [2.24, 2.45) is 11.7 Å². The van der Waals surface area contributed by atoms with Gasteiger partial charge in [-0.2, -0.15) is 0 Å². The number of nitrogens with two attached hydrogens (primary N) is 1. The first-order valence-corrected chi connectivity index (χ1v) is 6.92. The molecule has 1 atom stereocenters. The van der Waals surface area contributed by atoms with E-state index in [0.29, 0.717) is 12.5 Å². The van der Waals surface area contributed by atoms with Gasteiger partial charge in [0.25, 0.3) is 0 Å². The molecular weight excluding hydrogens is 240 g/mol. The summed E-state index contributed by atoms with van der Waals surface area (Å²) >= 11 is 0. The fourth-order valence-corrected chi connectivity index (χ4v) is 2.76. The molecule has 0 bridgehead atoms. The Morgan fingerprint density at radius 2 is 2.11 bits per heavy atom. The monoisotopic (exact) mass is 260 g/mol. The van der Waals surface area contributed by atoms with Crippen LogP contribution in [0.2, 0.25) is 0 Å². The van der Waals surface area contributed by atoms with Crippen molar-refractivity contribution in [3.8, 4) is 0 Å². The molecule has 1 heterocycles. The Labute approximate surface area is 113 Å². The van der Waals surface area contributed by atoms with Gasteiger partial charge in [-0.05, 0) is 30.7 Å². The van der Waals surface area contributed by atoms with Gasteiger partial charge in [-0.25, -0.2) is 4.79 Å². The predicted octanol–water partition coefficient (Wildman–Crippen LogP) is 2.14. The lowest BCUT2D eigenvalue weighted by molar-refractivity contribution is 0.102. The zero-order valence-electron chi connectivity index (χ0n) is 11.0. The third-order valence-corrected chi connectivity index (χ3v) is 4.29. The Morgan fingerprint density at radius 1 is 1.37 bits per heavy atom. The highest BCUT2D eigenvalue weighted by molar-refractivity contribution is 5.68. The van der Waals surface area contributed by atoms with Crippen LogP contribution in [0.15, 0.2) is 30.3 Å². The lowest BCUT2D eigenvalue weighted by Crippen LogP contribution is -2.36. The van der Waals surface area contributed by atoms with E-state index in [9.17, 15) is 4.79 Å². The maximum atomic E-state index is 12.0. The molecule has 1 unspecified atom stereocenters. The summed E-state index contributed by atoms with van der Waals surface area (Å²) in [5.74, 6) is 0.455. The van der Waals surface area contributed by atoms with Crippen LogP contribution < -0.4 is 5.73 Å². The van der Waals surface area contributed by atoms with Gasteiger partial charge >= 0.3 is 6.09 Å². The Morgan fingerprint density at radius 3 is 2.79 bits per heavy atom. The zero-order chi connectivity index (χ0) is 13.3. The Hall–Kier alpha value is -1.55. The van der Waals surface area contributed by atoms with E-state index in [1.54, 1.807) is 4.90 Å². The summed E-state index contributed by atoms with van der Waals surface area (Å²) in [6.45, 7) is 1.87. The molecule has 102 valence electrons. The third kappa shape index (κ3) is 2.73. The number of benzene rings is 1. The van der Waals surface area contributed by atoms with E-state index in [1.165, 1.54) is 0 Å². The van der Waals surface area contributed by atoms with Crippen LogP contribution in [0.1, 0.15) is 24.8 Å². The fraction of sp³-hybridized carbons (Fsp3) is 0.533. The Balaban J connectivity index is 1.49. The first kappa shape index (κ1) is 12.5. The number of ether oxygens (including phenoxy) is 1. The van der Waals surface area contributed by atoms with Crippen molar-refractivity contribution in [2.45, 2.75) is 31.4 Å². The van der Waals surface area contributed by atoms with Crippen LogP contribution in [0.3, 0.4) is 0 Å². The van der Waals surface area contributed by atoms with Crippen LogP contribution in [0.5, 0.6) is 0 Å². The van der Waals surface area contributed by atoms with E-state index < -0.39 is 0 Å². The molecule has 0 radical (unpaired) electrons. The van der Waals surface area contributed by atoms with Crippen LogP contribution in [-0.2, 0) is 11.3 Å². The molecule has 2 aliphatic rings. The summed E-state index contributed by atoms with van der Waals surface area (Å²) in [5.41, 5.74) is 7.23. The fourth-order valence-electron chi connectivity index (χ4n) is 2.76. The van der Waals surface area contributed by atoms with Crippen LogP contribution in [0.4, 0.5) is 4.79 Å². The molecule has 0 aromatic heterocycles. The molecule has 2 fully saturated rings. The molecule has 1 aromatic rings. The summed E-state index contributed by atoms with van der Waals surface area (Å²) in [4.78, 5) is 13.8. The predicted molar refractivity (Wildman–Crippen MR) is 72.5 cm³/mol. The number of carbonyl (C=O) groups excluding carboxylic acids is 1. The summed E-state index contributed by atoms with van der Waals surface area (Å²) in [6.07, 6.45) is 3.00. The summed E-state index contributed by atoms with van der Waals surface area (Å²) in [7, 11) is 0. The highest BCUT2D eigenvalue weighted by Crippen LogP contribution is 2.43. The Bertz CT molecular complexity index is 456. The number of hydrogen-bond donors (Lipinski definition) is 1. The van der Waals surface area contributed by atoms with Gasteiger partial charge in [0, 0.05) is 18.6 Å². The van der Waals surface area contributed by atoms with Crippen molar-refractivity contribution >= 4 is 6.09 Å². The maximum absolute atomic E-state index is 12.0. The molecular formula is C15H20N2O2. The van der Waals surface area contributed by atoms with E-state index >= 15 is 0 Å². The topological polar surface area (TPSA) is 55.6 Å². The maximum Gasteiger partial charge on any atom is 0.410 e. The summed E-state index contributed by atoms with van der Waals surface area (Å²) in [5, 5.41) is 0. The van der Waals surface area contributed by atoms with Crippen LogP contribution in [0, 0.1) is 5.92 Å². The molecule has 3 rings (SSSR count). The van der Waals surface area contributed by atoms with Gasteiger partial charge < -0.3 is 15.4 Å². The highest BCUT2D eigenvalue weighted by Gasteiger charge is 2.48. The second-order valence-corrected chi connectivity index (χ2v) is 5.70. The first-order valence-electron chi connectivity index (χ1n) is 6.92. The van der Waals surface area contributed by atoms with Gasteiger partial charge in [0.05, 0.1) is 0 Å². The minimum Gasteiger partial charge on any atom is -0.445 e. The van der Waals surface area contributed by atoms with E-state index in [-0.39, 0.29) is 11.6 Å². The average molecular weight is 260 g/mol. The van der Waals surface area contributed by atoms with E-state index in [2.05, 4.69) is 0 Å². The molecule has 4 heteroatoms. The molecule has 1 aromatic carbocycles. The Kier molecular flexibility index (Phi) is 3.19. The summed E-state index contributed by atoms with van der Waals surface area (Å²) in [6, 6.07) is 9.76. The van der Waals surface area contributed by atoms with Crippen molar-refractivity contribution in [1.82, 2.24) is 4.90 Å². The van der Waals surface area contributed by atoms with Gasteiger partial charge in [-0.15, -0.1) is 0 Å². The lowest BCUT2D eigenvalue weighted by Gasteiger charge is -2.19. The molecule has 1 saturated carbocycles. The van der Waals surface area contributed by atoms with E-state index in [0.717, 1.165) is 37.9 Å². The number of carbonyl (C=O) groups is 1. The van der Waals surface area contributed by atoms with E-state index in [4.69, 9.17) is 10.5 Å². The number of likely N-dealkylation sites (tertiary alicyclic amines) is 1. The second kappa shape index (κ2) is 4.85. The molecule has 2 N–H and O–H groups in total. The normalized spacial score (nSPS) is 24.3. The number of hydrogen-bond acceptors (Lipinski definition) is 3. The average Bonchev–Trinajstić information content (AvgIpc) is 3.00. The van der Waals surface area contributed by atoms with Crippen molar-refractivity contribution in [2.75, 3.05) is 13.1 Å². The molecule has 1 aliphatic carbocycles. The van der Waals surface area contributed by atoms with E-state index in [1.807, 2.05) is 30.3 Å². The smallest absolute Gasteiger partial charge is 0.410 e. The van der Waals surface area contributed by atoms with Crippen LogP contribution in [-0.4, -0.2) is 29.6 Å². The minimum atomic E-state index is -0.212. The molecule has 4 nitrogen and oxygen atoms in total. The summed E-state index contributed by atoms with van der Waals surface area (Å²) < 4.78 is 5.34. The number of nitrogens with zero attached hydrogens (tertiary/aromatic N) is 1. The SMILES string of the molecule is NC1(C2CCN(C(=O)OCc3ccccc3)C2)CC1. The van der Waals surface area contributed by atoms with Gasteiger partial charge in [-0.3, -0.25) is 0 Å². The molecule has 0 spiro atoms. The second-order valence-electron chi connectivity index (χ2n) is 5.70. The third-order valence-electron chi connectivity index (χ3n) is 4.29. The van der Waals surface area contributed by atoms with Crippen molar-refractivity contribution in [3.63, 3.8) is 0 Å². The molecule has 1 amide bonds. The van der Waals surface area contributed by atoms with Crippen LogP contribution in [0.25, 0.3) is 0 Å². The van der Waals surface area contributed by atoms with Gasteiger partial charge in [0.15, 0.2) is 0 Å². The lowest BCUT2D eigenvalue weighted by atomic mass is 9.98. The zero-order valence-corrected chi connectivity index (χ0v) is 11.0. The van der Waals surface area contributed by atoms with Gasteiger partial charge in [-0.1, -0.05) is 30.3 Å². The van der Waals surface area contributed by atoms with Crippen molar-refractivity contribution in [1.29, 1.82) is 0 Å². The molecule has 1 aliphatic heterocycles. The minimum absolute atomic E-state index is 0.00839. The number of amides is 1. The highest BCUT2D eigenvalue weighted by atomic mass is 16.6.